The van der Waals surface area contributed by atoms with Gasteiger partial charge in [-0.1, -0.05) is 0 Å². The summed E-state index contributed by atoms with van der Waals surface area (Å²) in [6.07, 6.45) is 2.55. The van der Waals surface area contributed by atoms with E-state index in [0.29, 0.717) is 12.8 Å². The van der Waals surface area contributed by atoms with E-state index < -0.39 is 0 Å². The van der Waals surface area contributed by atoms with E-state index >= 15 is 0 Å². The predicted molar refractivity (Wildman–Crippen MR) is 43.4 cm³/mol. The number of hydrogen-bond acceptors (Lipinski definition) is 3. The molecule has 2 heterocycles. The van der Waals surface area contributed by atoms with Crippen molar-refractivity contribution in [2.45, 2.75) is 12.5 Å². The first-order valence-corrected chi connectivity index (χ1v) is 4.26. The third-order valence-electron chi connectivity index (χ3n) is 2.02. The first-order valence-electron chi connectivity index (χ1n) is 4.26. The Balaban J connectivity index is 1.77. The van der Waals surface area contributed by atoms with E-state index in [1.807, 2.05) is 0 Å². The van der Waals surface area contributed by atoms with Crippen LogP contribution in [0, 0.1) is 0 Å². The van der Waals surface area contributed by atoms with E-state index in [-0.39, 0.29) is 0 Å². The number of ether oxygens (including phenoxy) is 2. The lowest BCUT2D eigenvalue weighted by molar-refractivity contribution is 0.0760. The van der Waals surface area contributed by atoms with Gasteiger partial charge >= 0.3 is 0 Å². The lowest BCUT2D eigenvalue weighted by Gasteiger charge is -2.22. The average Bonchev–Trinajstić information content (AvgIpc) is 2.59. The van der Waals surface area contributed by atoms with Crippen molar-refractivity contribution in [3.63, 3.8) is 0 Å². The summed E-state index contributed by atoms with van der Waals surface area (Å²) in [5.41, 5.74) is 0. The summed E-state index contributed by atoms with van der Waals surface area (Å²) in [7, 11) is 0. The van der Waals surface area contributed by atoms with Crippen molar-refractivity contribution in [2.75, 3.05) is 26.4 Å². The van der Waals surface area contributed by atoms with Gasteiger partial charge in [-0.15, -0.1) is 0 Å². The molecule has 1 atom stereocenters. The first kappa shape index (κ1) is 7.89. The third kappa shape index (κ3) is 1.89. The van der Waals surface area contributed by atoms with Crippen LogP contribution in [0.15, 0.2) is 12.0 Å². The summed E-state index contributed by atoms with van der Waals surface area (Å²) >= 11 is 0. The van der Waals surface area contributed by atoms with Crippen molar-refractivity contribution >= 4 is 0 Å². The molecule has 0 spiro atoms. The topological polar surface area (TPSA) is 44.6 Å². The molecular weight excluding hydrogens is 156 g/mol. The van der Waals surface area contributed by atoms with Crippen molar-refractivity contribution in [2.24, 2.45) is 0 Å². The fourth-order valence-corrected chi connectivity index (χ4v) is 1.41. The summed E-state index contributed by atoms with van der Waals surface area (Å²) in [5, 5.41) is 7.75. The zero-order valence-corrected chi connectivity index (χ0v) is 6.95. The van der Waals surface area contributed by atoms with E-state index in [1.54, 1.807) is 6.26 Å². The molecule has 2 aliphatic heterocycles. The summed E-state index contributed by atoms with van der Waals surface area (Å²) in [4.78, 5) is 0. The average molecular weight is 169 g/mol. The quantitative estimate of drug-likeness (QED) is 0.622. The Kier molecular flexibility index (Phi) is 2.48. The van der Waals surface area contributed by atoms with Crippen LogP contribution in [0.2, 0.25) is 0 Å². The van der Waals surface area contributed by atoms with Crippen LogP contribution in [0.5, 0.6) is 0 Å². The molecule has 0 aromatic heterocycles. The molecule has 0 amide bonds. The lowest BCUT2D eigenvalue weighted by atomic mass is 10.1. The summed E-state index contributed by atoms with van der Waals surface area (Å²) in [6.45, 7) is 3.25. The van der Waals surface area contributed by atoms with Gasteiger partial charge in [0.2, 0.25) is 6.79 Å². The Morgan fingerprint density at radius 3 is 3.33 bits per heavy atom. The maximum absolute atomic E-state index is 5.21. The molecule has 1 saturated heterocycles. The highest BCUT2D eigenvalue weighted by Gasteiger charge is 2.17. The second-order valence-electron chi connectivity index (χ2n) is 2.98. The van der Waals surface area contributed by atoms with E-state index in [4.69, 9.17) is 9.47 Å². The highest BCUT2D eigenvalue weighted by Crippen LogP contribution is 2.13. The van der Waals surface area contributed by atoms with Gasteiger partial charge in [-0.3, -0.25) is 0 Å². The van der Waals surface area contributed by atoms with Crippen molar-refractivity contribution in [3.05, 3.63) is 12.0 Å². The fourth-order valence-electron chi connectivity index (χ4n) is 1.41. The van der Waals surface area contributed by atoms with Crippen LogP contribution in [0.3, 0.4) is 0 Å². The second kappa shape index (κ2) is 3.78. The highest BCUT2D eigenvalue weighted by atomic mass is 16.7. The fraction of sp³-hybridized carbons (Fsp3) is 0.750. The molecule has 4 heteroatoms. The first-order chi connectivity index (χ1) is 5.95. The van der Waals surface area contributed by atoms with Gasteiger partial charge in [-0.25, -0.2) is 5.32 Å². The number of piperazine rings is 1. The van der Waals surface area contributed by atoms with Crippen molar-refractivity contribution in [1.82, 2.24) is 10.6 Å². The summed E-state index contributed by atoms with van der Waals surface area (Å²) < 4.78 is 10.2. The normalized spacial score (nSPS) is 29.0. The number of nitrogens with one attached hydrogen (secondary N) is 1. The monoisotopic (exact) mass is 169 g/mol. The third-order valence-corrected chi connectivity index (χ3v) is 2.02. The molecule has 2 rings (SSSR count). The molecule has 1 fully saturated rings. The maximum atomic E-state index is 5.21. The van der Waals surface area contributed by atoms with Gasteiger partial charge in [-0.05, 0) is 0 Å². The zero-order valence-electron chi connectivity index (χ0n) is 6.95. The van der Waals surface area contributed by atoms with E-state index in [0.717, 1.165) is 31.8 Å². The van der Waals surface area contributed by atoms with Gasteiger partial charge in [0.25, 0.3) is 0 Å². The summed E-state index contributed by atoms with van der Waals surface area (Å²) in [5.74, 6) is 0.924. The molecule has 67 valence electrons. The molecule has 1 N–H and O–H groups in total. The van der Waals surface area contributed by atoms with Crippen molar-refractivity contribution in [3.8, 4) is 0 Å². The Bertz CT molecular complexity index is 176. The van der Waals surface area contributed by atoms with Crippen molar-refractivity contribution < 1.29 is 9.47 Å². The minimum absolute atomic E-state index is 0.367. The van der Waals surface area contributed by atoms with Crippen LogP contribution in [0.25, 0.3) is 0 Å². The van der Waals surface area contributed by atoms with Gasteiger partial charge in [0.15, 0.2) is 0 Å². The van der Waals surface area contributed by atoms with Crippen molar-refractivity contribution in [1.29, 1.82) is 0 Å². The largest absolute Gasteiger partial charge is 0.462 e. The van der Waals surface area contributed by atoms with E-state index in [9.17, 15) is 0 Å². The molecule has 2 aliphatic rings. The number of rotatable bonds is 2. The molecule has 1 unspecified atom stereocenters. The molecular formula is C8H13N2O2. The van der Waals surface area contributed by atoms with Gasteiger partial charge in [-0.2, -0.15) is 0 Å². The van der Waals surface area contributed by atoms with Crippen LogP contribution in [-0.4, -0.2) is 32.5 Å². The standard InChI is InChI=1S/C8H13N2O2/c1-2-10-7(4-9-1)3-8-5-11-6-12-8/h5,7,9H,1-4,6H2. The molecule has 4 nitrogen and oxygen atoms in total. The Morgan fingerprint density at radius 1 is 1.67 bits per heavy atom. The number of hydrogen-bond donors (Lipinski definition) is 1. The lowest BCUT2D eigenvalue weighted by Crippen LogP contribution is -2.44. The Morgan fingerprint density at radius 2 is 2.67 bits per heavy atom. The molecule has 1 radical (unpaired) electrons. The SMILES string of the molecule is C1=C(CC2CNCC[N]2)OCO1. The molecule has 0 aromatic carbocycles. The molecule has 0 aromatic rings. The minimum atomic E-state index is 0.367. The second-order valence-corrected chi connectivity index (χ2v) is 2.98. The van der Waals surface area contributed by atoms with Crippen LogP contribution >= 0.6 is 0 Å². The Labute approximate surface area is 71.9 Å². The maximum Gasteiger partial charge on any atom is 0.229 e. The zero-order chi connectivity index (χ0) is 8.23. The smallest absolute Gasteiger partial charge is 0.229 e. The van der Waals surface area contributed by atoms with Gasteiger partial charge in [0, 0.05) is 32.1 Å². The molecule has 0 bridgehead atoms. The van der Waals surface area contributed by atoms with Gasteiger partial charge < -0.3 is 14.8 Å². The van der Waals surface area contributed by atoms with Crippen LogP contribution in [0.4, 0.5) is 0 Å². The minimum Gasteiger partial charge on any atom is -0.462 e. The van der Waals surface area contributed by atoms with Crippen LogP contribution < -0.4 is 10.6 Å². The van der Waals surface area contributed by atoms with Gasteiger partial charge in [0.1, 0.15) is 12.0 Å². The van der Waals surface area contributed by atoms with Crippen LogP contribution in [-0.2, 0) is 9.47 Å². The van der Waals surface area contributed by atoms with E-state index in [1.165, 1.54) is 0 Å². The molecule has 12 heavy (non-hydrogen) atoms. The molecule has 0 aliphatic carbocycles. The summed E-state index contributed by atoms with van der Waals surface area (Å²) in [6, 6.07) is 0.367. The Hall–Kier alpha value is -0.740. The number of nitrogens with zero attached hydrogens (tertiary/aromatic N) is 1. The van der Waals surface area contributed by atoms with Crippen LogP contribution in [0.1, 0.15) is 6.42 Å². The van der Waals surface area contributed by atoms with Gasteiger partial charge in [0.05, 0.1) is 0 Å². The predicted octanol–water partition coefficient (Wildman–Crippen LogP) is -0.202. The van der Waals surface area contributed by atoms with E-state index in [2.05, 4.69) is 10.6 Å². The molecule has 0 saturated carbocycles. The highest BCUT2D eigenvalue weighted by molar-refractivity contribution is 4.95.